The highest BCUT2D eigenvalue weighted by molar-refractivity contribution is 5.46. The molecule has 2 nitrogen and oxygen atoms in total. The molecule has 2 heteroatoms. The quantitative estimate of drug-likeness (QED) is 0.731. The third kappa shape index (κ3) is 4.78. The molecule has 0 saturated heterocycles. The highest BCUT2D eigenvalue weighted by atomic mass is 15.1. The highest BCUT2D eigenvalue weighted by Crippen LogP contribution is 2.15. The highest BCUT2D eigenvalue weighted by Gasteiger charge is 2.09. The first-order valence-corrected chi connectivity index (χ1v) is 6.73. The van der Waals surface area contributed by atoms with Gasteiger partial charge in [-0.05, 0) is 30.5 Å². The average molecular weight is 234 g/mol. The Hall–Kier alpha value is -1.02. The monoisotopic (exact) mass is 234 g/mol. The fraction of sp³-hybridized carbons (Fsp3) is 0.600. The van der Waals surface area contributed by atoms with Gasteiger partial charge in [-0.25, -0.2) is 0 Å². The molecule has 0 saturated carbocycles. The number of nitrogens with zero attached hydrogens (tertiary/aromatic N) is 1. The van der Waals surface area contributed by atoms with E-state index in [0.29, 0.717) is 0 Å². The first-order chi connectivity index (χ1) is 8.17. The molecule has 0 aliphatic rings. The van der Waals surface area contributed by atoms with Gasteiger partial charge in [0.1, 0.15) is 0 Å². The van der Waals surface area contributed by atoms with Gasteiger partial charge in [-0.15, -0.1) is 0 Å². The van der Waals surface area contributed by atoms with E-state index in [2.05, 4.69) is 37.8 Å². The molecule has 0 aliphatic heterocycles. The lowest BCUT2D eigenvalue weighted by atomic mass is 10.1. The van der Waals surface area contributed by atoms with E-state index in [9.17, 15) is 0 Å². The summed E-state index contributed by atoms with van der Waals surface area (Å²) in [5.74, 6) is 0.768. The van der Waals surface area contributed by atoms with Gasteiger partial charge in [-0.2, -0.15) is 0 Å². The zero-order chi connectivity index (χ0) is 12.7. The van der Waals surface area contributed by atoms with E-state index in [4.69, 9.17) is 5.73 Å². The number of para-hydroxylation sites is 1. The zero-order valence-electron chi connectivity index (χ0n) is 11.4. The minimum atomic E-state index is 0.768. The van der Waals surface area contributed by atoms with Crippen molar-refractivity contribution in [1.29, 1.82) is 0 Å². The molecular formula is C15H26N2. The van der Waals surface area contributed by atoms with Crippen LogP contribution in [0.5, 0.6) is 0 Å². The number of anilines is 1. The molecule has 1 aromatic rings. The van der Waals surface area contributed by atoms with Crippen molar-refractivity contribution in [2.75, 3.05) is 18.8 Å². The van der Waals surface area contributed by atoms with E-state index in [0.717, 1.165) is 24.7 Å². The Balaban J connectivity index is 2.55. The van der Waals surface area contributed by atoms with Crippen molar-refractivity contribution in [1.82, 2.24) is 4.90 Å². The molecule has 1 unspecified atom stereocenters. The second kappa shape index (κ2) is 7.33. The van der Waals surface area contributed by atoms with Crippen molar-refractivity contribution >= 4 is 5.69 Å². The summed E-state index contributed by atoms with van der Waals surface area (Å²) < 4.78 is 0. The SMILES string of the molecule is CCCC(C)CN(CC)Cc1ccccc1N. The first-order valence-electron chi connectivity index (χ1n) is 6.73. The van der Waals surface area contributed by atoms with E-state index in [1.54, 1.807) is 0 Å². The minimum absolute atomic E-state index is 0.768. The Kier molecular flexibility index (Phi) is 6.06. The minimum Gasteiger partial charge on any atom is -0.398 e. The van der Waals surface area contributed by atoms with Crippen LogP contribution in [-0.4, -0.2) is 18.0 Å². The van der Waals surface area contributed by atoms with Crippen LogP contribution < -0.4 is 5.73 Å². The van der Waals surface area contributed by atoms with Gasteiger partial charge < -0.3 is 5.73 Å². The van der Waals surface area contributed by atoms with Crippen LogP contribution in [0, 0.1) is 5.92 Å². The van der Waals surface area contributed by atoms with Crippen molar-refractivity contribution in [2.45, 2.75) is 40.2 Å². The predicted molar refractivity (Wildman–Crippen MR) is 75.9 cm³/mol. The Morgan fingerprint density at radius 3 is 2.53 bits per heavy atom. The molecule has 2 N–H and O–H groups in total. The summed E-state index contributed by atoms with van der Waals surface area (Å²) in [6, 6.07) is 8.17. The smallest absolute Gasteiger partial charge is 0.0359 e. The number of benzene rings is 1. The van der Waals surface area contributed by atoms with Crippen LogP contribution in [0.25, 0.3) is 0 Å². The van der Waals surface area contributed by atoms with Gasteiger partial charge in [0, 0.05) is 18.8 Å². The van der Waals surface area contributed by atoms with E-state index >= 15 is 0 Å². The molecule has 0 amide bonds. The Morgan fingerprint density at radius 1 is 1.24 bits per heavy atom. The van der Waals surface area contributed by atoms with Gasteiger partial charge in [0.05, 0.1) is 0 Å². The summed E-state index contributed by atoms with van der Waals surface area (Å²) in [7, 11) is 0. The van der Waals surface area contributed by atoms with Gasteiger partial charge in [0.25, 0.3) is 0 Å². The predicted octanol–water partition coefficient (Wildman–Crippen LogP) is 3.53. The third-order valence-corrected chi connectivity index (χ3v) is 3.25. The summed E-state index contributed by atoms with van der Waals surface area (Å²) >= 11 is 0. The molecule has 0 aromatic heterocycles. The van der Waals surface area contributed by atoms with Crippen LogP contribution in [0.15, 0.2) is 24.3 Å². The maximum Gasteiger partial charge on any atom is 0.0359 e. The van der Waals surface area contributed by atoms with Crippen molar-refractivity contribution in [3.63, 3.8) is 0 Å². The van der Waals surface area contributed by atoms with Crippen LogP contribution in [0.2, 0.25) is 0 Å². The summed E-state index contributed by atoms with van der Waals surface area (Å²) in [5.41, 5.74) is 8.15. The molecule has 0 fully saturated rings. The van der Waals surface area contributed by atoms with Crippen LogP contribution in [0.3, 0.4) is 0 Å². The van der Waals surface area contributed by atoms with Crippen molar-refractivity contribution in [3.05, 3.63) is 29.8 Å². The molecule has 17 heavy (non-hydrogen) atoms. The number of hydrogen-bond donors (Lipinski definition) is 1. The topological polar surface area (TPSA) is 29.3 Å². The fourth-order valence-electron chi connectivity index (χ4n) is 2.25. The Bertz CT molecular complexity index is 322. The van der Waals surface area contributed by atoms with Crippen molar-refractivity contribution in [2.24, 2.45) is 5.92 Å². The lowest BCUT2D eigenvalue weighted by Gasteiger charge is -2.24. The standard InChI is InChI=1S/C15H26N2/c1-4-8-13(3)11-17(5-2)12-14-9-6-7-10-15(14)16/h6-7,9-10,13H,4-5,8,11-12,16H2,1-3H3. The first kappa shape index (κ1) is 14.0. The second-order valence-corrected chi connectivity index (χ2v) is 4.92. The molecule has 0 spiro atoms. The van der Waals surface area contributed by atoms with E-state index in [1.807, 2.05) is 12.1 Å². The van der Waals surface area contributed by atoms with Gasteiger partial charge in [-0.1, -0.05) is 45.4 Å². The van der Waals surface area contributed by atoms with Crippen LogP contribution in [-0.2, 0) is 6.54 Å². The van der Waals surface area contributed by atoms with E-state index in [1.165, 1.54) is 24.9 Å². The van der Waals surface area contributed by atoms with Gasteiger partial charge >= 0.3 is 0 Å². The normalized spacial score (nSPS) is 12.9. The average Bonchev–Trinajstić information content (AvgIpc) is 2.31. The summed E-state index contributed by atoms with van der Waals surface area (Å²) in [4.78, 5) is 2.48. The van der Waals surface area contributed by atoms with Gasteiger partial charge in [0.2, 0.25) is 0 Å². The number of nitrogen functional groups attached to an aromatic ring is 1. The molecule has 0 aliphatic carbocycles. The summed E-state index contributed by atoms with van der Waals surface area (Å²) in [6.45, 7) is 10.0. The molecule has 1 rings (SSSR count). The second-order valence-electron chi connectivity index (χ2n) is 4.92. The van der Waals surface area contributed by atoms with E-state index in [-0.39, 0.29) is 0 Å². The lowest BCUT2D eigenvalue weighted by molar-refractivity contribution is 0.235. The Morgan fingerprint density at radius 2 is 1.94 bits per heavy atom. The van der Waals surface area contributed by atoms with Crippen LogP contribution >= 0.6 is 0 Å². The van der Waals surface area contributed by atoms with E-state index < -0.39 is 0 Å². The molecule has 0 heterocycles. The maximum absolute atomic E-state index is 5.99. The largest absolute Gasteiger partial charge is 0.398 e. The molecular weight excluding hydrogens is 208 g/mol. The summed E-state index contributed by atoms with van der Waals surface area (Å²) in [6.07, 6.45) is 2.58. The lowest BCUT2D eigenvalue weighted by Crippen LogP contribution is -2.28. The molecule has 1 aromatic carbocycles. The van der Waals surface area contributed by atoms with Crippen molar-refractivity contribution in [3.8, 4) is 0 Å². The number of nitrogens with two attached hydrogens (primary N) is 1. The molecule has 96 valence electrons. The van der Waals surface area contributed by atoms with Gasteiger partial charge in [0.15, 0.2) is 0 Å². The summed E-state index contributed by atoms with van der Waals surface area (Å²) in [5, 5.41) is 0. The molecule has 0 radical (unpaired) electrons. The number of rotatable bonds is 7. The van der Waals surface area contributed by atoms with Crippen LogP contribution in [0.4, 0.5) is 5.69 Å². The van der Waals surface area contributed by atoms with Crippen molar-refractivity contribution < 1.29 is 0 Å². The number of hydrogen-bond acceptors (Lipinski definition) is 2. The third-order valence-electron chi connectivity index (χ3n) is 3.25. The fourth-order valence-corrected chi connectivity index (χ4v) is 2.25. The molecule has 1 atom stereocenters. The zero-order valence-corrected chi connectivity index (χ0v) is 11.4. The van der Waals surface area contributed by atoms with Crippen LogP contribution in [0.1, 0.15) is 39.2 Å². The Labute approximate surface area is 106 Å². The maximum atomic E-state index is 5.99. The molecule has 0 bridgehead atoms. The van der Waals surface area contributed by atoms with Gasteiger partial charge in [-0.3, -0.25) is 4.90 Å².